The van der Waals surface area contributed by atoms with Gasteiger partial charge in [-0.25, -0.2) is 15.0 Å². The molecule has 1 aliphatic carbocycles. The second-order valence-corrected chi connectivity index (χ2v) is 6.48. The summed E-state index contributed by atoms with van der Waals surface area (Å²) in [6, 6.07) is 0.345. The molecule has 5 nitrogen and oxygen atoms in total. The van der Waals surface area contributed by atoms with Gasteiger partial charge >= 0.3 is 0 Å². The highest BCUT2D eigenvalue weighted by atomic mass is 127. The fourth-order valence-electron chi connectivity index (χ4n) is 2.26. The van der Waals surface area contributed by atoms with Crippen molar-refractivity contribution in [3.05, 3.63) is 21.8 Å². The molecule has 0 saturated heterocycles. The van der Waals surface area contributed by atoms with Gasteiger partial charge in [-0.15, -0.1) is 0 Å². The van der Waals surface area contributed by atoms with Crippen LogP contribution >= 0.6 is 22.6 Å². The quantitative estimate of drug-likeness (QED) is 0.822. The van der Waals surface area contributed by atoms with Crippen molar-refractivity contribution in [1.29, 1.82) is 0 Å². The van der Waals surface area contributed by atoms with Crippen LogP contribution in [0.25, 0.3) is 11.5 Å². The fraction of sp³-hybridized carbons (Fsp3) is 0.500. The average Bonchev–Trinajstić information content (AvgIpc) is 3.14. The van der Waals surface area contributed by atoms with Crippen LogP contribution in [-0.2, 0) is 0 Å². The Balaban J connectivity index is 2.13. The highest BCUT2D eigenvalue weighted by molar-refractivity contribution is 14.1. The summed E-state index contributed by atoms with van der Waals surface area (Å²) in [7, 11) is 1.91. The monoisotopic (exact) mass is 383 g/mol. The summed E-state index contributed by atoms with van der Waals surface area (Å²) in [6.45, 7) is 4.28. The molecule has 0 spiro atoms. The molecule has 0 amide bonds. The minimum Gasteiger partial charge on any atom is -0.372 e. The van der Waals surface area contributed by atoms with Crippen LogP contribution in [0.4, 0.5) is 5.82 Å². The Hall–Kier alpha value is -1.18. The molecule has 0 unspecified atom stereocenters. The molecule has 2 heterocycles. The zero-order chi connectivity index (χ0) is 14.3. The molecule has 1 saturated carbocycles. The summed E-state index contributed by atoms with van der Waals surface area (Å²) in [4.78, 5) is 13.7. The van der Waals surface area contributed by atoms with Gasteiger partial charge in [-0.2, -0.15) is 0 Å². The molecule has 106 valence electrons. The molecule has 2 aromatic rings. The van der Waals surface area contributed by atoms with Crippen molar-refractivity contribution in [2.75, 3.05) is 12.4 Å². The maximum atomic E-state index is 4.81. The molecule has 2 aromatic heterocycles. The van der Waals surface area contributed by atoms with Crippen LogP contribution in [0.2, 0.25) is 0 Å². The highest BCUT2D eigenvalue weighted by Crippen LogP contribution is 2.42. The molecular weight excluding hydrogens is 365 g/mol. The van der Waals surface area contributed by atoms with Gasteiger partial charge in [0.25, 0.3) is 0 Å². The van der Waals surface area contributed by atoms with Crippen molar-refractivity contribution in [2.24, 2.45) is 0 Å². The van der Waals surface area contributed by atoms with E-state index < -0.39 is 0 Å². The number of hydrogen-bond acceptors (Lipinski definition) is 4. The van der Waals surface area contributed by atoms with Crippen molar-refractivity contribution >= 4 is 28.4 Å². The molecule has 0 aliphatic heterocycles. The average molecular weight is 383 g/mol. The van der Waals surface area contributed by atoms with Crippen molar-refractivity contribution in [3.8, 4) is 11.5 Å². The Morgan fingerprint density at radius 3 is 2.70 bits per heavy atom. The molecule has 3 rings (SSSR count). The molecule has 0 bridgehead atoms. The molecule has 1 N–H and O–H groups in total. The second kappa shape index (κ2) is 5.31. The van der Waals surface area contributed by atoms with Gasteiger partial charge in [0.05, 0.1) is 21.8 Å². The first-order chi connectivity index (χ1) is 9.61. The van der Waals surface area contributed by atoms with Crippen LogP contribution in [0.1, 0.15) is 44.3 Å². The molecule has 0 aromatic carbocycles. The maximum absolute atomic E-state index is 4.81. The number of imidazole rings is 1. The van der Waals surface area contributed by atoms with Gasteiger partial charge in [-0.05, 0) is 49.3 Å². The van der Waals surface area contributed by atoms with Crippen molar-refractivity contribution < 1.29 is 0 Å². The lowest BCUT2D eigenvalue weighted by molar-refractivity contribution is 0.603. The third-order valence-corrected chi connectivity index (χ3v) is 4.59. The van der Waals surface area contributed by atoms with Crippen LogP contribution in [0, 0.1) is 3.57 Å². The minimum atomic E-state index is 0.345. The summed E-state index contributed by atoms with van der Waals surface area (Å²) in [5.41, 5.74) is 2.16. The van der Waals surface area contributed by atoms with E-state index in [-0.39, 0.29) is 0 Å². The van der Waals surface area contributed by atoms with E-state index in [1.165, 1.54) is 18.5 Å². The Bertz CT molecular complexity index is 630. The fourth-order valence-corrected chi connectivity index (χ4v) is 3.21. The van der Waals surface area contributed by atoms with Gasteiger partial charge in [0, 0.05) is 19.0 Å². The predicted octanol–water partition coefficient (Wildman–Crippen LogP) is 3.44. The van der Waals surface area contributed by atoms with Gasteiger partial charge in [0.15, 0.2) is 5.82 Å². The molecule has 1 fully saturated rings. The second-order valence-electron chi connectivity index (χ2n) is 5.40. The normalized spacial score (nSPS) is 14.8. The molecule has 0 radical (unpaired) electrons. The van der Waals surface area contributed by atoms with E-state index in [2.05, 4.69) is 56.3 Å². The van der Waals surface area contributed by atoms with Crippen molar-refractivity contribution in [2.45, 2.75) is 38.6 Å². The standard InChI is InChI=1S/C14H18IN5/c1-8(2)20-7-17-6-10(20)13-18-12(9-4-5-9)11(15)14(16-3)19-13/h6-9H,4-5H2,1-3H3,(H,16,18,19). The summed E-state index contributed by atoms with van der Waals surface area (Å²) in [5.74, 6) is 2.28. The third kappa shape index (κ3) is 2.41. The van der Waals surface area contributed by atoms with Gasteiger partial charge in [0.2, 0.25) is 0 Å². The summed E-state index contributed by atoms with van der Waals surface area (Å²) >= 11 is 2.34. The summed E-state index contributed by atoms with van der Waals surface area (Å²) in [5, 5.41) is 3.18. The van der Waals surface area contributed by atoms with Crippen molar-refractivity contribution in [1.82, 2.24) is 19.5 Å². The van der Waals surface area contributed by atoms with Gasteiger partial charge in [-0.3, -0.25) is 0 Å². The summed E-state index contributed by atoms with van der Waals surface area (Å²) < 4.78 is 3.25. The zero-order valence-electron chi connectivity index (χ0n) is 11.9. The van der Waals surface area contributed by atoms with Crippen LogP contribution in [0.15, 0.2) is 12.5 Å². The number of nitrogens with one attached hydrogen (secondary N) is 1. The van der Waals surface area contributed by atoms with Gasteiger partial charge in [0.1, 0.15) is 11.5 Å². The Morgan fingerprint density at radius 2 is 2.10 bits per heavy atom. The first-order valence-corrected chi connectivity index (χ1v) is 7.97. The van der Waals surface area contributed by atoms with Gasteiger partial charge in [-0.1, -0.05) is 0 Å². The van der Waals surface area contributed by atoms with Crippen LogP contribution in [0.3, 0.4) is 0 Å². The van der Waals surface area contributed by atoms with Crippen LogP contribution in [0.5, 0.6) is 0 Å². The van der Waals surface area contributed by atoms with E-state index >= 15 is 0 Å². The highest BCUT2D eigenvalue weighted by Gasteiger charge is 2.29. The zero-order valence-corrected chi connectivity index (χ0v) is 14.0. The van der Waals surface area contributed by atoms with E-state index in [0.29, 0.717) is 12.0 Å². The molecule has 20 heavy (non-hydrogen) atoms. The van der Waals surface area contributed by atoms with Crippen molar-refractivity contribution in [3.63, 3.8) is 0 Å². The third-order valence-electron chi connectivity index (χ3n) is 3.53. The number of hydrogen-bond donors (Lipinski definition) is 1. The molecule has 6 heteroatoms. The molecular formula is C14H18IN5. The minimum absolute atomic E-state index is 0.345. The lowest BCUT2D eigenvalue weighted by atomic mass is 10.2. The topological polar surface area (TPSA) is 55.6 Å². The summed E-state index contributed by atoms with van der Waals surface area (Å²) in [6.07, 6.45) is 6.16. The van der Waals surface area contributed by atoms with Gasteiger partial charge < -0.3 is 9.88 Å². The smallest absolute Gasteiger partial charge is 0.180 e. The van der Waals surface area contributed by atoms with E-state index in [1.807, 2.05) is 19.6 Å². The molecule has 1 aliphatic rings. The van der Waals surface area contributed by atoms with Crippen LogP contribution < -0.4 is 5.32 Å². The van der Waals surface area contributed by atoms with E-state index in [0.717, 1.165) is 20.9 Å². The number of halogens is 1. The van der Waals surface area contributed by atoms with E-state index in [4.69, 9.17) is 4.98 Å². The number of rotatable bonds is 4. The largest absolute Gasteiger partial charge is 0.372 e. The Morgan fingerprint density at radius 1 is 1.35 bits per heavy atom. The first-order valence-electron chi connectivity index (χ1n) is 6.89. The first kappa shape index (κ1) is 13.8. The number of aromatic nitrogens is 4. The predicted molar refractivity (Wildman–Crippen MR) is 87.9 cm³/mol. The van der Waals surface area contributed by atoms with Crippen LogP contribution in [-0.4, -0.2) is 26.6 Å². The Labute approximate surface area is 132 Å². The number of nitrogens with zero attached hydrogens (tertiary/aromatic N) is 4. The Kier molecular flexibility index (Phi) is 3.66. The SMILES string of the molecule is CNc1nc(-c2cncn2C(C)C)nc(C2CC2)c1I. The number of anilines is 1. The maximum Gasteiger partial charge on any atom is 0.180 e. The molecule has 0 atom stereocenters. The lowest BCUT2D eigenvalue weighted by Crippen LogP contribution is -2.08. The van der Waals surface area contributed by atoms with E-state index in [1.54, 1.807) is 0 Å². The van der Waals surface area contributed by atoms with E-state index in [9.17, 15) is 0 Å². The lowest BCUT2D eigenvalue weighted by Gasteiger charge is -2.14.